The van der Waals surface area contributed by atoms with Gasteiger partial charge in [0.1, 0.15) is 0 Å². The van der Waals surface area contributed by atoms with E-state index >= 15 is 0 Å². The molecular formula is C14H18N2O2. The predicted octanol–water partition coefficient (Wildman–Crippen LogP) is 1.14. The molecule has 1 aromatic carbocycles. The number of rotatable bonds is 3. The first-order valence-electron chi connectivity index (χ1n) is 6.19. The molecular weight excluding hydrogens is 228 g/mol. The fraction of sp³-hybridized carbons (Fsp3) is 0.500. The Labute approximate surface area is 107 Å². The lowest BCUT2D eigenvalue weighted by atomic mass is 10.1. The molecule has 0 bridgehead atoms. The van der Waals surface area contributed by atoms with Crippen LogP contribution in [0.4, 0.5) is 0 Å². The molecule has 1 aliphatic rings. The van der Waals surface area contributed by atoms with E-state index < -0.39 is 0 Å². The van der Waals surface area contributed by atoms with Crippen LogP contribution in [0.15, 0.2) is 24.3 Å². The zero-order chi connectivity index (χ0) is 13.0. The van der Waals surface area contributed by atoms with E-state index in [0.717, 1.165) is 17.7 Å². The van der Waals surface area contributed by atoms with Crippen molar-refractivity contribution in [1.29, 1.82) is 5.26 Å². The van der Waals surface area contributed by atoms with Crippen LogP contribution in [0.2, 0.25) is 0 Å². The van der Waals surface area contributed by atoms with Crippen LogP contribution in [-0.4, -0.2) is 41.9 Å². The van der Waals surface area contributed by atoms with Gasteiger partial charge in [-0.2, -0.15) is 5.26 Å². The summed E-state index contributed by atoms with van der Waals surface area (Å²) in [6, 6.07) is 10.2. The van der Waals surface area contributed by atoms with Crippen LogP contribution < -0.4 is 0 Å². The van der Waals surface area contributed by atoms with Crippen LogP contribution in [0.5, 0.6) is 0 Å². The topological polar surface area (TPSA) is 56.5 Å². The van der Waals surface area contributed by atoms with Gasteiger partial charge in [-0.25, -0.2) is 0 Å². The van der Waals surface area contributed by atoms with Gasteiger partial charge < -0.3 is 9.84 Å². The van der Waals surface area contributed by atoms with Gasteiger partial charge in [-0.3, -0.25) is 4.90 Å². The summed E-state index contributed by atoms with van der Waals surface area (Å²) in [7, 11) is 0. The van der Waals surface area contributed by atoms with Gasteiger partial charge in [-0.15, -0.1) is 0 Å². The fourth-order valence-electron chi connectivity index (χ4n) is 2.19. The number of hydrogen-bond acceptors (Lipinski definition) is 4. The van der Waals surface area contributed by atoms with E-state index in [1.807, 2.05) is 24.3 Å². The van der Waals surface area contributed by atoms with Crippen LogP contribution in [-0.2, 0) is 11.3 Å². The summed E-state index contributed by atoms with van der Waals surface area (Å²) in [6.45, 7) is 4.20. The number of hydrogen-bond donors (Lipinski definition) is 1. The summed E-state index contributed by atoms with van der Waals surface area (Å²) in [6.07, 6.45) is -0.115. The van der Waals surface area contributed by atoms with Gasteiger partial charge in [0.15, 0.2) is 0 Å². The summed E-state index contributed by atoms with van der Waals surface area (Å²) < 4.78 is 5.51. The van der Waals surface area contributed by atoms with Crippen LogP contribution in [0.3, 0.4) is 0 Å². The van der Waals surface area contributed by atoms with Crippen LogP contribution in [0.25, 0.3) is 0 Å². The van der Waals surface area contributed by atoms with Gasteiger partial charge in [0.05, 0.1) is 31.0 Å². The lowest BCUT2D eigenvalue weighted by Gasteiger charge is -2.37. The van der Waals surface area contributed by atoms with Crippen LogP contribution in [0, 0.1) is 11.3 Å². The van der Waals surface area contributed by atoms with Crippen LogP contribution in [0.1, 0.15) is 18.1 Å². The monoisotopic (exact) mass is 246 g/mol. The minimum absolute atomic E-state index is 0.0448. The molecule has 96 valence electrons. The Morgan fingerprint density at radius 1 is 1.50 bits per heavy atom. The standard InChI is InChI=1S/C14H18N2O2/c1-11-10-18-14(9-17)8-16(11)7-13-5-3-2-4-12(13)6-15/h2-5,11,14,17H,7-10H2,1H3. The Kier molecular flexibility index (Phi) is 4.32. The number of benzene rings is 1. The molecule has 18 heavy (non-hydrogen) atoms. The summed E-state index contributed by atoms with van der Waals surface area (Å²) in [5.74, 6) is 0. The highest BCUT2D eigenvalue weighted by Gasteiger charge is 2.25. The molecule has 2 atom stereocenters. The summed E-state index contributed by atoms with van der Waals surface area (Å²) in [4.78, 5) is 2.25. The molecule has 1 aliphatic heterocycles. The number of morpholine rings is 1. The van der Waals surface area contributed by atoms with Crippen molar-refractivity contribution < 1.29 is 9.84 Å². The maximum Gasteiger partial charge on any atom is 0.0995 e. The molecule has 0 saturated carbocycles. The zero-order valence-electron chi connectivity index (χ0n) is 10.5. The molecule has 0 amide bonds. The summed E-state index contributed by atoms with van der Waals surface area (Å²) >= 11 is 0. The number of nitrogens with zero attached hydrogens (tertiary/aromatic N) is 2. The van der Waals surface area contributed by atoms with Gasteiger partial charge in [0, 0.05) is 19.1 Å². The Bertz CT molecular complexity index is 442. The van der Waals surface area contributed by atoms with Crippen molar-refractivity contribution in [2.45, 2.75) is 25.6 Å². The molecule has 1 N–H and O–H groups in total. The Morgan fingerprint density at radius 2 is 2.28 bits per heavy atom. The molecule has 0 radical (unpaired) electrons. The van der Waals surface area contributed by atoms with Crippen molar-refractivity contribution in [1.82, 2.24) is 4.90 Å². The minimum Gasteiger partial charge on any atom is -0.394 e. The average molecular weight is 246 g/mol. The van der Waals surface area contributed by atoms with E-state index in [-0.39, 0.29) is 12.7 Å². The minimum atomic E-state index is -0.115. The van der Waals surface area contributed by atoms with E-state index in [9.17, 15) is 0 Å². The largest absolute Gasteiger partial charge is 0.394 e. The number of nitriles is 1. The third kappa shape index (κ3) is 2.88. The smallest absolute Gasteiger partial charge is 0.0995 e. The predicted molar refractivity (Wildman–Crippen MR) is 67.9 cm³/mol. The summed E-state index contributed by atoms with van der Waals surface area (Å²) in [5, 5.41) is 18.2. The molecule has 1 saturated heterocycles. The highest BCUT2D eigenvalue weighted by molar-refractivity contribution is 5.37. The molecule has 0 aliphatic carbocycles. The molecule has 1 fully saturated rings. The maximum absolute atomic E-state index is 9.16. The first-order chi connectivity index (χ1) is 8.74. The average Bonchev–Trinajstić information content (AvgIpc) is 2.42. The third-order valence-electron chi connectivity index (χ3n) is 3.35. The number of aliphatic hydroxyl groups excluding tert-OH is 1. The highest BCUT2D eigenvalue weighted by Crippen LogP contribution is 2.17. The third-order valence-corrected chi connectivity index (χ3v) is 3.35. The van der Waals surface area contributed by atoms with E-state index in [2.05, 4.69) is 17.9 Å². The van der Waals surface area contributed by atoms with E-state index in [1.165, 1.54) is 0 Å². The Balaban J connectivity index is 2.10. The molecule has 0 spiro atoms. The second-order valence-electron chi connectivity index (χ2n) is 4.69. The van der Waals surface area contributed by atoms with Crippen LogP contribution >= 0.6 is 0 Å². The molecule has 1 heterocycles. The quantitative estimate of drug-likeness (QED) is 0.869. The van der Waals surface area contributed by atoms with Gasteiger partial charge in [0.25, 0.3) is 0 Å². The van der Waals surface area contributed by atoms with E-state index in [4.69, 9.17) is 15.1 Å². The van der Waals surface area contributed by atoms with Gasteiger partial charge in [-0.05, 0) is 18.6 Å². The van der Waals surface area contributed by atoms with Crippen molar-refractivity contribution in [2.24, 2.45) is 0 Å². The van der Waals surface area contributed by atoms with Crippen molar-refractivity contribution >= 4 is 0 Å². The number of ether oxygens (including phenoxy) is 1. The van der Waals surface area contributed by atoms with Crippen molar-refractivity contribution in [3.05, 3.63) is 35.4 Å². The second kappa shape index (κ2) is 5.96. The van der Waals surface area contributed by atoms with Crippen molar-refractivity contribution in [2.75, 3.05) is 19.8 Å². The van der Waals surface area contributed by atoms with Crippen molar-refractivity contribution in [3.8, 4) is 6.07 Å². The maximum atomic E-state index is 9.16. The number of aliphatic hydroxyl groups is 1. The van der Waals surface area contributed by atoms with Gasteiger partial charge in [0.2, 0.25) is 0 Å². The Hall–Kier alpha value is -1.41. The SMILES string of the molecule is CC1COC(CO)CN1Cc1ccccc1C#N. The Morgan fingerprint density at radius 3 is 3.00 bits per heavy atom. The zero-order valence-corrected chi connectivity index (χ0v) is 10.5. The highest BCUT2D eigenvalue weighted by atomic mass is 16.5. The van der Waals surface area contributed by atoms with E-state index in [0.29, 0.717) is 19.2 Å². The normalized spacial score (nSPS) is 24.7. The molecule has 4 heteroatoms. The van der Waals surface area contributed by atoms with Gasteiger partial charge >= 0.3 is 0 Å². The molecule has 4 nitrogen and oxygen atoms in total. The first kappa shape index (κ1) is 13.0. The first-order valence-corrected chi connectivity index (χ1v) is 6.19. The lowest BCUT2D eigenvalue weighted by molar-refractivity contribution is -0.0805. The molecule has 2 unspecified atom stereocenters. The lowest BCUT2D eigenvalue weighted by Crippen LogP contribution is -2.48. The fourth-order valence-corrected chi connectivity index (χ4v) is 2.19. The van der Waals surface area contributed by atoms with Gasteiger partial charge in [-0.1, -0.05) is 18.2 Å². The summed E-state index contributed by atoms with van der Waals surface area (Å²) in [5.41, 5.74) is 1.75. The molecule has 2 rings (SSSR count). The van der Waals surface area contributed by atoms with E-state index in [1.54, 1.807) is 0 Å². The second-order valence-corrected chi connectivity index (χ2v) is 4.69. The molecule has 1 aromatic rings. The molecule has 0 aromatic heterocycles. The van der Waals surface area contributed by atoms with Crippen molar-refractivity contribution in [3.63, 3.8) is 0 Å².